The summed E-state index contributed by atoms with van der Waals surface area (Å²) in [5, 5.41) is 12.7. The monoisotopic (exact) mass is 536 g/mol. The quantitative estimate of drug-likeness (QED) is 0.168. The molecule has 1 fully saturated rings. The van der Waals surface area contributed by atoms with Gasteiger partial charge in [0.25, 0.3) is 11.7 Å². The van der Waals surface area contributed by atoms with E-state index in [-0.39, 0.29) is 16.7 Å². The molecule has 1 aliphatic heterocycles. The lowest BCUT2D eigenvalue weighted by molar-refractivity contribution is -0.132. The molecule has 2 heterocycles. The van der Waals surface area contributed by atoms with E-state index < -0.39 is 17.7 Å². The topological polar surface area (TPSA) is 71.8 Å². The van der Waals surface area contributed by atoms with Crippen molar-refractivity contribution in [2.24, 2.45) is 7.05 Å². The molecule has 0 radical (unpaired) electrons. The molecule has 5 rings (SSSR count). The molecular weight excluding hydrogens is 500 g/mol. The Morgan fingerprint density at radius 2 is 1.70 bits per heavy atom. The Morgan fingerprint density at radius 1 is 0.975 bits per heavy atom. The average molecular weight is 537 g/mol. The number of aliphatic hydroxyl groups excluding tert-OH is 1. The predicted octanol–water partition coefficient (Wildman–Crippen LogP) is 7.12. The minimum absolute atomic E-state index is 0.0728. The Hall–Kier alpha value is -4.32. The van der Waals surface area contributed by atoms with E-state index >= 15 is 0 Å². The molecule has 40 heavy (non-hydrogen) atoms. The number of rotatable bonds is 5. The third kappa shape index (κ3) is 4.47. The lowest BCUT2D eigenvalue weighted by Crippen LogP contribution is -2.29. The number of amides is 1. The first-order chi connectivity index (χ1) is 18.9. The van der Waals surface area contributed by atoms with E-state index in [1.165, 1.54) is 4.90 Å². The number of ether oxygens (including phenoxy) is 1. The van der Waals surface area contributed by atoms with Crippen molar-refractivity contribution in [2.45, 2.75) is 53.0 Å². The Bertz CT molecular complexity index is 1690. The maximum Gasteiger partial charge on any atom is 0.300 e. The zero-order chi connectivity index (χ0) is 28.9. The summed E-state index contributed by atoms with van der Waals surface area (Å²) in [6.07, 6.45) is 1.95. The van der Waals surface area contributed by atoms with Gasteiger partial charge >= 0.3 is 0 Å². The van der Waals surface area contributed by atoms with Crippen LogP contribution in [0, 0.1) is 13.8 Å². The Kier molecular flexibility index (Phi) is 6.82. The van der Waals surface area contributed by atoms with Gasteiger partial charge in [0.2, 0.25) is 0 Å². The number of aryl methyl sites for hydroxylation is 3. The van der Waals surface area contributed by atoms with Gasteiger partial charge in [-0.25, -0.2) is 0 Å². The van der Waals surface area contributed by atoms with E-state index in [1.807, 2.05) is 93.2 Å². The van der Waals surface area contributed by atoms with Gasteiger partial charge in [-0.2, -0.15) is 0 Å². The van der Waals surface area contributed by atoms with Crippen molar-refractivity contribution < 1.29 is 19.4 Å². The maximum atomic E-state index is 13.8. The molecule has 0 aliphatic carbocycles. The smallest absolute Gasteiger partial charge is 0.300 e. The van der Waals surface area contributed by atoms with Crippen LogP contribution in [-0.4, -0.2) is 28.0 Å². The molecule has 6 nitrogen and oxygen atoms in total. The van der Waals surface area contributed by atoms with Gasteiger partial charge in [-0.1, -0.05) is 45.0 Å². The van der Waals surface area contributed by atoms with Crippen LogP contribution in [0.2, 0.25) is 0 Å². The maximum absolute atomic E-state index is 13.8. The van der Waals surface area contributed by atoms with Crippen molar-refractivity contribution in [3.8, 4) is 5.75 Å². The molecular formula is C34H36N2O4. The van der Waals surface area contributed by atoms with Crippen molar-refractivity contribution in [3.63, 3.8) is 0 Å². The van der Waals surface area contributed by atoms with Gasteiger partial charge in [0, 0.05) is 46.5 Å². The average Bonchev–Trinajstić information content (AvgIpc) is 3.38. The van der Waals surface area contributed by atoms with E-state index in [0.29, 0.717) is 17.9 Å². The largest absolute Gasteiger partial charge is 0.507 e. The molecule has 1 amide bonds. The summed E-state index contributed by atoms with van der Waals surface area (Å²) >= 11 is 0. The van der Waals surface area contributed by atoms with Gasteiger partial charge in [-0.3, -0.25) is 14.5 Å². The molecule has 1 aromatic heterocycles. The number of hydrogen-bond acceptors (Lipinski definition) is 4. The van der Waals surface area contributed by atoms with Crippen LogP contribution < -0.4 is 9.64 Å². The highest BCUT2D eigenvalue weighted by atomic mass is 16.5. The van der Waals surface area contributed by atoms with Gasteiger partial charge < -0.3 is 14.4 Å². The number of fused-ring (bicyclic) bond motifs is 1. The Morgan fingerprint density at radius 3 is 2.38 bits per heavy atom. The number of Topliss-reactive ketones (excluding diaryl/α,β-unsaturated/α-hetero) is 1. The zero-order valence-electron chi connectivity index (χ0n) is 24.2. The summed E-state index contributed by atoms with van der Waals surface area (Å²) in [5.74, 6) is -0.839. The standard InChI is InChI=1S/C34H36N2O4/c1-8-40-28-16-14-22(18-26(28)34(4,5)6)31(37)29-30(25-19-35(7)27-12-10-9-11-24(25)27)36(33(39)32(29)38)23-15-13-20(2)21(3)17-23/h9-19,30,37H,8H2,1-7H3/b31-29+. The number of benzene rings is 3. The molecule has 1 saturated heterocycles. The predicted molar refractivity (Wildman–Crippen MR) is 160 cm³/mol. The fourth-order valence-electron chi connectivity index (χ4n) is 5.56. The van der Waals surface area contributed by atoms with Crippen LogP contribution in [0.3, 0.4) is 0 Å². The number of ketones is 1. The molecule has 3 aromatic carbocycles. The third-order valence-electron chi connectivity index (χ3n) is 7.80. The fourth-order valence-corrected chi connectivity index (χ4v) is 5.56. The first-order valence-corrected chi connectivity index (χ1v) is 13.6. The minimum atomic E-state index is -0.808. The molecule has 0 saturated carbocycles. The molecule has 0 bridgehead atoms. The normalized spacial score (nSPS) is 17.2. The van der Waals surface area contributed by atoms with Crippen LogP contribution in [-0.2, 0) is 22.1 Å². The SMILES string of the molecule is CCOc1ccc(/C(O)=C2\C(=O)C(=O)N(c3ccc(C)c(C)c3)C2c2cn(C)c3ccccc23)cc1C(C)(C)C. The van der Waals surface area contributed by atoms with Crippen LogP contribution in [0.5, 0.6) is 5.75 Å². The van der Waals surface area contributed by atoms with E-state index in [9.17, 15) is 14.7 Å². The van der Waals surface area contributed by atoms with Crippen molar-refractivity contribution in [1.82, 2.24) is 4.57 Å². The second-order valence-electron chi connectivity index (χ2n) is 11.5. The number of para-hydroxylation sites is 1. The number of nitrogens with zero attached hydrogens (tertiary/aromatic N) is 2. The number of hydrogen-bond donors (Lipinski definition) is 1. The van der Waals surface area contributed by atoms with E-state index in [4.69, 9.17) is 4.74 Å². The number of aliphatic hydroxyl groups is 1. The zero-order valence-corrected chi connectivity index (χ0v) is 24.2. The van der Waals surface area contributed by atoms with Crippen LogP contribution in [0.15, 0.2) is 72.4 Å². The Balaban J connectivity index is 1.79. The number of carbonyl (C=O) groups is 2. The summed E-state index contributed by atoms with van der Waals surface area (Å²) in [7, 11) is 1.94. The summed E-state index contributed by atoms with van der Waals surface area (Å²) in [4.78, 5) is 29.1. The summed E-state index contributed by atoms with van der Waals surface area (Å²) in [5.41, 5.74) is 5.64. The summed E-state index contributed by atoms with van der Waals surface area (Å²) in [6, 6.07) is 18.3. The van der Waals surface area contributed by atoms with Crippen molar-refractivity contribution in [1.29, 1.82) is 0 Å². The summed E-state index contributed by atoms with van der Waals surface area (Å²) < 4.78 is 7.86. The number of anilines is 1. The molecule has 1 aliphatic rings. The first kappa shape index (κ1) is 27.3. The highest BCUT2D eigenvalue weighted by Gasteiger charge is 2.48. The first-order valence-electron chi connectivity index (χ1n) is 13.6. The van der Waals surface area contributed by atoms with Crippen LogP contribution >= 0.6 is 0 Å². The van der Waals surface area contributed by atoms with Gasteiger partial charge in [0.1, 0.15) is 11.5 Å². The molecule has 6 heteroatoms. The second kappa shape index (κ2) is 10.0. The second-order valence-corrected chi connectivity index (χ2v) is 11.5. The van der Waals surface area contributed by atoms with Gasteiger partial charge in [-0.15, -0.1) is 0 Å². The fraction of sp³-hybridized carbons (Fsp3) is 0.294. The lowest BCUT2D eigenvalue weighted by Gasteiger charge is -2.26. The van der Waals surface area contributed by atoms with Gasteiger partial charge in [-0.05, 0) is 73.7 Å². The van der Waals surface area contributed by atoms with Crippen molar-refractivity contribution in [3.05, 3.63) is 100 Å². The van der Waals surface area contributed by atoms with Crippen LogP contribution in [0.1, 0.15) is 61.6 Å². The van der Waals surface area contributed by atoms with Crippen LogP contribution in [0.25, 0.3) is 16.7 Å². The van der Waals surface area contributed by atoms with E-state index in [2.05, 4.69) is 20.8 Å². The Labute approximate surface area is 235 Å². The van der Waals surface area contributed by atoms with Gasteiger partial charge in [0.05, 0.1) is 18.2 Å². The van der Waals surface area contributed by atoms with E-state index in [0.717, 1.165) is 38.9 Å². The van der Waals surface area contributed by atoms with E-state index in [1.54, 1.807) is 6.07 Å². The van der Waals surface area contributed by atoms with Crippen molar-refractivity contribution in [2.75, 3.05) is 11.5 Å². The number of carbonyl (C=O) groups excluding carboxylic acids is 2. The molecule has 206 valence electrons. The molecule has 1 N–H and O–H groups in total. The third-order valence-corrected chi connectivity index (χ3v) is 7.80. The molecule has 4 aromatic rings. The summed E-state index contributed by atoms with van der Waals surface area (Å²) in [6.45, 7) is 12.6. The lowest BCUT2D eigenvalue weighted by atomic mass is 9.84. The molecule has 1 unspecified atom stereocenters. The molecule has 1 atom stereocenters. The highest BCUT2D eigenvalue weighted by Crippen LogP contribution is 2.45. The number of aromatic nitrogens is 1. The molecule has 0 spiro atoms. The van der Waals surface area contributed by atoms with Gasteiger partial charge in [0.15, 0.2) is 0 Å². The van der Waals surface area contributed by atoms with Crippen molar-refractivity contribution >= 4 is 34.0 Å². The van der Waals surface area contributed by atoms with Crippen LogP contribution in [0.4, 0.5) is 5.69 Å². The minimum Gasteiger partial charge on any atom is -0.507 e. The highest BCUT2D eigenvalue weighted by molar-refractivity contribution is 6.52.